The fourth-order valence-electron chi connectivity index (χ4n) is 2.49. The van der Waals surface area contributed by atoms with E-state index in [9.17, 15) is 19.7 Å². The Hall–Kier alpha value is -3.33. The van der Waals surface area contributed by atoms with Crippen LogP contribution in [-0.2, 0) is 4.79 Å². The summed E-state index contributed by atoms with van der Waals surface area (Å²) in [4.78, 5) is 35.9. The summed E-state index contributed by atoms with van der Waals surface area (Å²) in [6.07, 6.45) is 2.93. The Morgan fingerprint density at radius 1 is 1.33 bits per heavy atom. The molecule has 2 aromatic rings. The zero-order valence-electron chi connectivity index (χ0n) is 14.2. The molecule has 0 N–H and O–H groups in total. The third kappa shape index (κ3) is 3.63. The average molecular weight is 386 g/mol. The molecular weight excluding hydrogens is 372 g/mol. The van der Waals surface area contributed by atoms with Crippen LogP contribution in [0.25, 0.3) is 17.4 Å². The number of imide groups is 1. The first-order chi connectivity index (χ1) is 12.9. The van der Waals surface area contributed by atoms with Crippen LogP contribution in [0.5, 0.6) is 5.75 Å². The first-order valence-corrected chi connectivity index (χ1v) is 8.55. The van der Waals surface area contributed by atoms with E-state index in [0.717, 1.165) is 16.7 Å². The maximum absolute atomic E-state index is 12.2. The van der Waals surface area contributed by atoms with E-state index in [1.807, 2.05) is 0 Å². The van der Waals surface area contributed by atoms with E-state index in [4.69, 9.17) is 9.15 Å². The molecule has 2 heterocycles. The van der Waals surface area contributed by atoms with Gasteiger partial charge >= 0.3 is 0 Å². The van der Waals surface area contributed by atoms with Gasteiger partial charge in [-0.25, -0.2) is 0 Å². The van der Waals surface area contributed by atoms with Gasteiger partial charge in [0.1, 0.15) is 17.3 Å². The molecule has 2 amide bonds. The number of thioether (sulfide) groups is 1. The molecule has 1 aliphatic heterocycles. The molecule has 27 heavy (non-hydrogen) atoms. The monoisotopic (exact) mass is 386 g/mol. The summed E-state index contributed by atoms with van der Waals surface area (Å²) in [6, 6.07) is 7.38. The predicted molar refractivity (Wildman–Crippen MR) is 100 cm³/mol. The molecule has 0 radical (unpaired) electrons. The van der Waals surface area contributed by atoms with Crippen LogP contribution < -0.4 is 4.74 Å². The van der Waals surface area contributed by atoms with Gasteiger partial charge in [0.15, 0.2) is 0 Å². The van der Waals surface area contributed by atoms with Crippen molar-refractivity contribution in [2.45, 2.75) is 0 Å². The summed E-state index contributed by atoms with van der Waals surface area (Å²) in [7, 11) is 1.45. The third-order valence-electron chi connectivity index (χ3n) is 3.74. The highest BCUT2D eigenvalue weighted by Gasteiger charge is 2.34. The summed E-state index contributed by atoms with van der Waals surface area (Å²) in [6.45, 7) is 3.66. The van der Waals surface area contributed by atoms with Crippen LogP contribution in [0.1, 0.15) is 5.76 Å². The van der Waals surface area contributed by atoms with Crippen molar-refractivity contribution < 1.29 is 23.7 Å². The molecule has 1 fully saturated rings. The van der Waals surface area contributed by atoms with Gasteiger partial charge in [0.2, 0.25) is 0 Å². The van der Waals surface area contributed by atoms with Crippen LogP contribution >= 0.6 is 11.8 Å². The molecule has 0 atom stereocenters. The molecule has 0 saturated carbocycles. The lowest BCUT2D eigenvalue weighted by Crippen LogP contribution is -2.27. The Bertz CT molecular complexity index is 978. The summed E-state index contributed by atoms with van der Waals surface area (Å²) in [5.41, 5.74) is 0.306. The number of rotatable bonds is 6. The van der Waals surface area contributed by atoms with Crippen LogP contribution in [-0.4, -0.2) is 34.6 Å². The van der Waals surface area contributed by atoms with E-state index in [-0.39, 0.29) is 22.4 Å². The maximum Gasteiger partial charge on any atom is 0.293 e. The van der Waals surface area contributed by atoms with Gasteiger partial charge in [-0.3, -0.25) is 24.6 Å². The lowest BCUT2D eigenvalue weighted by Gasteiger charge is -2.07. The smallest absolute Gasteiger partial charge is 0.293 e. The first kappa shape index (κ1) is 18.5. The molecule has 0 spiro atoms. The van der Waals surface area contributed by atoms with Crippen molar-refractivity contribution in [1.29, 1.82) is 0 Å². The quantitative estimate of drug-likeness (QED) is 0.319. The summed E-state index contributed by atoms with van der Waals surface area (Å²) in [5.74, 6) is 0.665. The second-order valence-corrected chi connectivity index (χ2v) is 6.42. The number of nitro groups is 1. The number of amides is 2. The third-order valence-corrected chi connectivity index (χ3v) is 4.65. The SMILES string of the molecule is C=CCN1C(=O)SC(=Cc2ccc(-c3cc([N+](=O)[O-])ccc3OC)o2)C1=O. The van der Waals surface area contributed by atoms with Crippen molar-refractivity contribution in [1.82, 2.24) is 4.90 Å². The molecule has 1 aliphatic rings. The predicted octanol–water partition coefficient (Wildman–Crippen LogP) is 4.09. The number of hydrogen-bond acceptors (Lipinski definition) is 7. The fraction of sp³-hybridized carbons (Fsp3) is 0.111. The van der Waals surface area contributed by atoms with Gasteiger partial charge in [-0.05, 0) is 30.0 Å². The van der Waals surface area contributed by atoms with Gasteiger partial charge in [-0.15, -0.1) is 6.58 Å². The van der Waals surface area contributed by atoms with Crippen molar-refractivity contribution in [2.75, 3.05) is 13.7 Å². The molecule has 1 aromatic carbocycles. The highest BCUT2D eigenvalue weighted by molar-refractivity contribution is 8.18. The van der Waals surface area contributed by atoms with Crippen molar-refractivity contribution in [3.05, 3.63) is 63.8 Å². The minimum Gasteiger partial charge on any atom is -0.496 e. The number of carbonyl (C=O) groups excluding carboxylic acids is 2. The first-order valence-electron chi connectivity index (χ1n) is 7.73. The summed E-state index contributed by atoms with van der Waals surface area (Å²) in [5, 5.41) is 10.6. The molecule has 8 nitrogen and oxygen atoms in total. The fourth-order valence-corrected chi connectivity index (χ4v) is 3.32. The Labute approximate surface area is 158 Å². The number of furan rings is 1. The van der Waals surface area contributed by atoms with Crippen molar-refractivity contribution in [3.8, 4) is 17.1 Å². The maximum atomic E-state index is 12.2. The van der Waals surface area contributed by atoms with E-state index in [2.05, 4.69) is 6.58 Å². The molecular formula is C18H14N2O6S. The van der Waals surface area contributed by atoms with Gasteiger partial charge in [0.25, 0.3) is 16.8 Å². The van der Waals surface area contributed by atoms with Crippen LogP contribution in [0, 0.1) is 10.1 Å². The lowest BCUT2D eigenvalue weighted by atomic mass is 10.1. The molecule has 0 unspecified atom stereocenters. The number of benzene rings is 1. The van der Waals surface area contributed by atoms with Gasteiger partial charge in [-0.2, -0.15) is 0 Å². The van der Waals surface area contributed by atoms with Crippen molar-refractivity contribution >= 4 is 34.7 Å². The highest BCUT2D eigenvalue weighted by Crippen LogP contribution is 2.36. The van der Waals surface area contributed by atoms with E-state index in [1.54, 1.807) is 12.1 Å². The van der Waals surface area contributed by atoms with Crippen LogP contribution in [0.4, 0.5) is 10.5 Å². The molecule has 0 bridgehead atoms. The number of ether oxygens (including phenoxy) is 1. The number of nitrogens with zero attached hydrogens (tertiary/aromatic N) is 2. The van der Waals surface area contributed by atoms with Gasteiger partial charge < -0.3 is 9.15 Å². The van der Waals surface area contributed by atoms with Crippen molar-refractivity contribution in [2.24, 2.45) is 0 Å². The van der Waals surface area contributed by atoms with E-state index >= 15 is 0 Å². The van der Waals surface area contributed by atoms with Gasteiger partial charge in [0, 0.05) is 24.8 Å². The minimum absolute atomic E-state index is 0.103. The minimum atomic E-state index is -0.512. The Balaban J connectivity index is 1.93. The van der Waals surface area contributed by atoms with Crippen molar-refractivity contribution in [3.63, 3.8) is 0 Å². The Morgan fingerprint density at radius 2 is 2.11 bits per heavy atom. The van der Waals surface area contributed by atoms with Crippen LogP contribution in [0.15, 0.2) is 52.3 Å². The molecule has 9 heteroatoms. The Kier molecular flexibility index (Phi) is 5.13. The number of non-ortho nitro benzene ring substituents is 1. The summed E-state index contributed by atoms with van der Waals surface area (Å²) >= 11 is 0.812. The normalized spacial score (nSPS) is 15.4. The zero-order chi connectivity index (χ0) is 19.6. The number of carbonyl (C=O) groups is 2. The standard InChI is InChI=1S/C18H14N2O6S/c1-3-8-19-17(21)16(27-18(19)22)10-12-5-7-15(26-12)13-9-11(20(23)24)4-6-14(13)25-2/h3-7,9-10H,1,8H2,2H3. The van der Waals surface area contributed by atoms with E-state index in [1.165, 1.54) is 37.5 Å². The average Bonchev–Trinajstić information content (AvgIpc) is 3.22. The second-order valence-electron chi connectivity index (χ2n) is 5.42. The largest absolute Gasteiger partial charge is 0.496 e. The molecule has 138 valence electrons. The number of nitro benzene ring substituents is 1. The molecule has 3 rings (SSSR count). The molecule has 1 saturated heterocycles. The zero-order valence-corrected chi connectivity index (χ0v) is 15.0. The highest BCUT2D eigenvalue weighted by atomic mass is 32.2. The van der Waals surface area contributed by atoms with E-state index < -0.39 is 10.8 Å². The van der Waals surface area contributed by atoms with Crippen LogP contribution in [0.2, 0.25) is 0 Å². The second kappa shape index (κ2) is 7.50. The lowest BCUT2D eigenvalue weighted by molar-refractivity contribution is -0.384. The number of hydrogen-bond donors (Lipinski definition) is 0. The Morgan fingerprint density at radius 3 is 2.78 bits per heavy atom. The van der Waals surface area contributed by atoms with Crippen LogP contribution in [0.3, 0.4) is 0 Å². The topological polar surface area (TPSA) is 103 Å². The number of methoxy groups -OCH3 is 1. The van der Waals surface area contributed by atoms with Gasteiger partial charge in [0.05, 0.1) is 22.5 Å². The molecule has 0 aliphatic carbocycles. The summed E-state index contributed by atoms with van der Waals surface area (Å²) < 4.78 is 10.9. The van der Waals surface area contributed by atoms with Gasteiger partial charge in [-0.1, -0.05) is 6.08 Å². The molecule has 1 aromatic heterocycles. The van der Waals surface area contributed by atoms with E-state index in [0.29, 0.717) is 22.8 Å².